The minimum absolute atomic E-state index is 0.0448. The van der Waals surface area contributed by atoms with Crippen LogP contribution in [0, 0.1) is 5.92 Å². The average Bonchev–Trinajstić information content (AvgIpc) is 2.93. The fourth-order valence-electron chi connectivity index (χ4n) is 3.87. The fourth-order valence-corrected chi connectivity index (χ4v) is 3.87. The van der Waals surface area contributed by atoms with Crippen molar-refractivity contribution >= 4 is 33.3 Å². The molecule has 0 spiro atoms. The zero-order valence-corrected chi connectivity index (χ0v) is 14.3. The van der Waals surface area contributed by atoms with Crippen molar-refractivity contribution in [2.24, 2.45) is 5.92 Å². The highest BCUT2D eigenvalue weighted by Gasteiger charge is 2.33. The lowest BCUT2D eigenvalue weighted by Gasteiger charge is -2.16. The molecular formula is C20H18O5. The number of benzene rings is 2. The Balaban J connectivity index is 2.27. The number of furan rings is 1. The number of phenols is 1. The Morgan fingerprint density at radius 2 is 2.04 bits per heavy atom. The van der Waals surface area contributed by atoms with Gasteiger partial charge in [0.2, 0.25) is 0 Å². The first-order chi connectivity index (χ1) is 11.9. The molecule has 1 atom stereocenters. The molecule has 0 saturated heterocycles. The molecule has 0 fully saturated rings. The van der Waals surface area contributed by atoms with E-state index >= 15 is 0 Å². The van der Waals surface area contributed by atoms with Gasteiger partial charge in [-0.05, 0) is 18.9 Å². The molecule has 128 valence electrons. The largest absolute Gasteiger partial charge is 0.506 e. The van der Waals surface area contributed by atoms with Gasteiger partial charge in [0.15, 0.2) is 11.6 Å². The fraction of sp³-hybridized carbons (Fsp3) is 0.300. The summed E-state index contributed by atoms with van der Waals surface area (Å²) in [5.74, 6) is 0.713. The Hall–Kier alpha value is -2.82. The molecule has 2 aromatic carbocycles. The van der Waals surface area contributed by atoms with Crippen molar-refractivity contribution in [3.8, 4) is 11.5 Å². The first-order valence-corrected chi connectivity index (χ1v) is 8.25. The minimum Gasteiger partial charge on any atom is -0.506 e. The van der Waals surface area contributed by atoms with Gasteiger partial charge in [0.25, 0.3) is 0 Å². The topological polar surface area (TPSA) is 76.7 Å². The first kappa shape index (κ1) is 15.7. The smallest absolute Gasteiger partial charge is 0.167 e. The van der Waals surface area contributed by atoms with Crippen molar-refractivity contribution in [2.75, 3.05) is 7.11 Å². The van der Waals surface area contributed by atoms with Gasteiger partial charge in [0.1, 0.15) is 22.8 Å². The van der Waals surface area contributed by atoms with Gasteiger partial charge in [-0.2, -0.15) is 0 Å². The van der Waals surface area contributed by atoms with Gasteiger partial charge in [-0.1, -0.05) is 19.1 Å². The van der Waals surface area contributed by atoms with Crippen LogP contribution in [0.15, 0.2) is 22.6 Å². The van der Waals surface area contributed by atoms with Crippen molar-refractivity contribution in [3.63, 3.8) is 0 Å². The summed E-state index contributed by atoms with van der Waals surface area (Å²) >= 11 is 0. The summed E-state index contributed by atoms with van der Waals surface area (Å²) in [6.07, 6.45) is 1.05. The van der Waals surface area contributed by atoms with E-state index in [1.807, 2.05) is 6.92 Å². The van der Waals surface area contributed by atoms with Crippen molar-refractivity contribution in [1.82, 2.24) is 0 Å². The van der Waals surface area contributed by atoms with Gasteiger partial charge in [0, 0.05) is 23.6 Å². The number of carbonyl (C=O) groups excluding carboxylic acids is 2. The average molecular weight is 338 g/mol. The predicted octanol–water partition coefficient (Wildman–Crippen LogP) is 4.27. The first-order valence-electron chi connectivity index (χ1n) is 8.25. The van der Waals surface area contributed by atoms with Gasteiger partial charge in [-0.25, -0.2) is 0 Å². The summed E-state index contributed by atoms with van der Waals surface area (Å²) in [4.78, 5) is 25.0. The van der Waals surface area contributed by atoms with Gasteiger partial charge in [0.05, 0.1) is 23.6 Å². The van der Waals surface area contributed by atoms with Crippen LogP contribution in [0.2, 0.25) is 0 Å². The van der Waals surface area contributed by atoms with Crippen LogP contribution < -0.4 is 4.74 Å². The molecule has 1 N–H and O–H groups in total. The number of aromatic hydroxyl groups is 1. The molecular weight excluding hydrogens is 320 g/mol. The highest BCUT2D eigenvalue weighted by molar-refractivity contribution is 6.25. The van der Waals surface area contributed by atoms with Crippen molar-refractivity contribution in [1.29, 1.82) is 0 Å². The molecule has 1 aliphatic rings. The van der Waals surface area contributed by atoms with Crippen LogP contribution in [-0.2, 0) is 6.42 Å². The monoisotopic (exact) mass is 338 g/mol. The number of phenolic OH excluding ortho intramolecular Hbond substituents is 1. The molecule has 4 rings (SSSR count). The van der Waals surface area contributed by atoms with Gasteiger partial charge in [-0.15, -0.1) is 0 Å². The van der Waals surface area contributed by atoms with E-state index in [0.717, 1.165) is 0 Å². The van der Waals surface area contributed by atoms with Gasteiger partial charge in [-0.3, -0.25) is 9.59 Å². The molecule has 0 aliphatic heterocycles. The standard InChI is InChI=1S/C20H18O5/c1-9-7-12(22)17-14(8-9)25-20-11-5-4-6-13(24-3)16(11)19(23)15(10(2)21)18(17)20/h4-6,9,23H,7-8H2,1-3H3. The van der Waals surface area contributed by atoms with Crippen molar-refractivity contribution < 1.29 is 23.8 Å². The third-order valence-corrected chi connectivity index (χ3v) is 4.89. The van der Waals surface area contributed by atoms with Crippen LogP contribution in [0.1, 0.15) is 46.7 Å². The maximum Gasteiger partial charge on any atom is 0.167 e. The third-order valence-electron chi connectivity index (χ3n) is 4.89. The second-order valence-corrected chi connectivity index (χ2v) is 6.70. The summed E-state index contributed by atoms with van der Waals surface area (Å²) in [6.45, 7) is 3.38. The van der Waals surface area contributed by atoms with Crippen LogP contribution >= 0.6 is 0 Å². The van der Waals surface area contributed by atoms with E-state index < -0.39 is 0 Å². The number of methoxy groups -OCH3 is 1. The number of hydrogen-bond donors (Lipinski definition) is 1. The van der Waals surface area contributed by atoms with E-state index in [1.54, 1.807) is 18.2 Å². The third kappa shape index (κ3) is 2.08. The lowest BCUT2D eigenvalue weighted by molar-refractivity contribution is 0.0950. The molecule has 0 radical (unpaired) electrons. The number of ether oxygens (including phenoxy) is 1. The second-order valence-electron chi connectivity index (χ2n) is 6.70. The number of rotatable bonds is 2. The Morgan fingerprint density at radius 1 is 1.28 bits per heavy atom. The summed E-state index contributed by atoms with van der Waals surface area (Å²) in [5, 5.41) is 12.3. The molecule has 5 heteroatoms. The van der Waals surface area contributed by atoms with Crippen molar-refractivity contribution in [3.05, 3.63) is 35.1 Å². The maximum absolute atomic E-state index is 12.6. The minimum atomic E-state index is -0.315. The quantitative estimate of drug-likeness (QED) is 0.706. The summed E-state index contributed by atoms with van der Waals surface area (Å²) in [5.41, 5.74) is 1.03. The van der Waals surface area contributed by atoms with Crippen LogP contribution in [0.4, 0.5) is 0 Å². The molecule has 0 saturated carbocycles. The van der Waals surface area contributed by atoms with Crippen LogP contribution in [0.3, 0.4) is 0 Å². The molecule has 1 heterocycles. The summed E-state index contributed by atoms with van der Waals surface area (Å²) in [6, 6.07) is 5.31. The Bertz CT molecular complexity index is 1060. The lowest BCUT2D eigenvalue weighted by atomic mass is 9.85. The molecule has 1 aromatic heterocycles. The van der Waals surface area contributed by atoms with Crippen LogP contribution in [0.25, 0.3) is 21.7 Å². The molecule has 0 amide bonds. The number of carbonyl (C=O) groups is 2. The van der Waals surface area contributed by atoms with E-state index in [-0.39, 0.29) is 28.8 Å². The van der Waals surface area contributed by atoms with E-state index in [2.05, 4.69) is 0 Å². The molecule has 1 aliphatic carbocycles. The maximum atomic E-state index is 12.6. The highest BCUT2D eigenvalue weighted by atomic mass is 16.5. The van der Waals surface area contributed by atoms with Crippen LogP contribution in [0.5, 0.6) is 11.5 Å². The van der Waals surface area contributed by atoms with Gasteiger partial charge < -0.3 is 14.3 Å². The number of ketones is 2. The molecule has 25 heavy (non-hydrogen) atoms. The second kappa shape index (κ2) is 5.34. The number of hydrogen-bond acceptors (Lipinski definition) is 5. The Morgan fingerprint density at radius 3 is 2.72 bits per heavy atom. The molecule has 1 unspecified atom stereocenters. The SMILES string of the molecule is COc1cccc2c1c(O)c(C(C)=O)c1c3c(oc12)CC(C)CC3=O. The van der Waals surface area contributed by atoms with E-state index in [0.29, 0.717) is 51.7 Å². The molecule has 5 nitrogen and oxygen atoms in total. The van der Waals surface area contributed by atoms with Crippen molar-refractivity contribution in [2.45, 2.75) is 26.7 Å². The van der Waals surface area contributed by atoms with Gasteiger partial charge >= 0.3 is 0 Å². The van der Waals surface area contributed by atoms with E-state index in [1.165, 1.54) is 14.0 Å². The molecule has 3 aromatic rings. The molecule has 0 bridgehead atoms. The Labute approximate surface area is 144 Å². The predicted molar refractivity (Wildman–Crippen MR) is 93.8 cm³/mol. The van der Waals surface area contributed by atoms with Crippen LogP contribution in [-0.4, -0.2) is 23.8 Å². The zero-order chi connectivity index (χ0) is 17.9. The normalized spacial score (nSPS) is 17.1. The van der Waals surface area contributed by atoms with E-state index in [9.17, 15) is 14.7 Å². The highest BCUT2D eigenvalue weighted by Crippen LogP contribution is 2.46. The number of Topliss-reactive ketones (excluding diaryl/α,β-unsaturated/α-hetero) is 2. The Kier molecular flexibility index (Phi) is 3.35. The zero-order valence-electron chi connectivity index (χ0n) is 14.3. The summed E-state index contributed by atoms with van der Waals surface area (Å²) < 4.78 is 11.4. The number of fused-ring (bicyclic) bond motifs is 5. The summed E-state index contributed by atoms with van der Waals surface area (Å²) in [7, 11) is 1.50. The van der Waals surface area contributed by atoms with E-state index in [4.69, 9.17) is 9.15 Å². The lowest BCUT2D eigenvalue weighted by Crippen LogP contribution is -2.16.